The van der Waals surface area contributed by atoms with Gasteiger partial charge in [-0.15, -0.1) is 0 Å². The number of amides is 2. The number of nitrogens with one attached hydrogen (secondary N) is 1. The van der Waals surface area contributed by atoms with E-state index in [4.69, 9.17) is 4.74 Å². The second-order valence-corrected chi connectivity index (χ2v) is 8.76. The summed E-state index contributed by atoms with van der Waals surface area (Å²) in [7, 11) is 0. The number of ether oxygens (including phenoxy) is 1. The van der Waals surface area contributed by atoms with Crippen molar-refractivity contribution < 1.29 is 27.5 Å². The average molecular weight is 484 g/mol. The summed E-state index contributed by atoms with van der Waals surface area (Å²) in [6.07, 6.45) is 2.20. The smallest absolute Gasteiger partial charge is 0.274 e. The number of rotatable bonds is 4. The van der Waals surface area contributed by atoms with E-state index in [9.17, 15) is 22.8 Å². The summed E-state index contributed by atoms with van der Waals surface area (Å²) < 4.78 is 47.8. The van der Waals surface area contributed by atoms with Crippen LogP contribution in [0.1, 0.15) is 40.7 Å². The molecule has 0 spiro atoms. The first-order valence-electron chi connectivity index (χ1n) is 11.3. The van der Waals surface area contributed by atoms with E-state index in [1.807, 2.05) is 4.57 Å². The van der Waals surface area contributed by atoms with Crippen molar-refractivity contribution in [2.45, 2.75) is 32.1 Å². The molecule has 1 N–H and O–H groups in total. The van der Waals surface area contributed by atoms with Crippen LogP contribution in [0.2, 0.25) is 0 Å². The SMILES string of the molecule is O=C(Nc1cc(F)cc(F)c1)C1CCN(C(=O)c2ncn3c2COC(c2ccc(F)cc2)C3)CC1. The van der Waals surface area contributed by atoms with E-state index in [2.05, 4.69) is 10.3 Å². The minimum absolute atomic E-state index is 0.0644. The Labute approximate surface area is 199 Å². The zero-order valence-corrected chi connectivity index (χ0v) is 18.7. The second kappa shape index (κ2) is 9.53. The topological polar surface area (TPSA) is 76.5 Å². The summed E-state index contributed by atoms with van der Waals surface area (Å²) in [5.74, 6) is -2.78. The molecule has 0 saturated carbocycles. The van der Waals surface area contributed by atoms with E-state index in [1.54, 1.807) is 23.4 Å². The zero-order valence-electron chi connectivity index (χ0n) is 18.7. The third-order valence-electron chi connectivity index (χ3n) is 6.46. The van der Waals surface area contributed by atoms with Crippen LogP contribution in [-0.2, 0) is 22.7 Å². The molecule has 1 unspecified atom stereocenters. The Morgan fingerprint density at radius 1 is 0.971 bits per heavy atom. The van der Waals surface area contributed by atoms with Gasteiger partial charge in [0, 0.05) is 30.8 Å². The molecule has 0 radical (unpaired) electrons. The molecule has 1 fully saturated rings. The van der Waals surface area contributed by atoms with Crippen molar-refractivity contribution in [3.05, 3.63) is 83.2 Å². The average Bonchev–Trinajstić information content (AvgIpc) is 3.27. The number of piperidine rings is 1. The highest BCUT2D eigenvalue weighted by Gasteiger charge is 2.32. The van der Waals surface area contributed by atoms with E-state index < -0.39 is 11.6 Å². The zero-order chi connectivity index (χ0) is 24.5. The summed E-state index contributed by atoms with van der Waals surface area (Å²) in [5.41, 5.74) is 1.91. The Morgan fingerprint density at radius 2 is 1.66 bits per heavy atom. The number of fused-ring (bicyclic) bond motifs is 1. The second-order valence-electron chi connectivity index (χ2n) is 8.76. The lowest BCUT2D eigenvalue weighted by molar-refractivity contribution is -0.121. The third kappa shape index (κ3) is 4.93. The lowest BCUT2D eigenvalue weighted by atomic mass is 9.95. The Morgan fingerprint density at radius 3 is 2.34 bits per heavy atom. The number of carbonyl (C=O) groups is 2. The van der Waals surface area contributed by atoms with Crippen molar-refractivity contribution in [3.63, 3.8) is 0 Å². The molecule has 5 rings (SSSR count). The minimum Gasteiger partial charge on any atom is -0.365 e. The van der Waals surface area contributed by atoms with Crippen LogP contribution in [-0.4, -0.2) is 39.4 Å². The highest BCUT2D eigenvalue weighted by atomic mass is 19.1. The van der Waals surface area contributed by atoms with Crippen LogP contribution < -0.4 is 5.32 Å². The number of hydrogen-bond donors (Lipinski definition) is 1. The first-order valence-corrected chi connectivity index (χ1v) is 11.3. The standard InChI is InChI=1S/C25H23F3N4O3/c26-17-3-1-15(2-4-17)22-12-32-14-29-23(21(32)13-35-22)25(34)31-7-5-16(6-8-31)24(33)30-20-10-18(27)9-19(28)11-20/h1-4,9-11,14,16,22H,5-8,12-13H2,(H,30,33). The number of halogens is 3. The summed E-state index contributed by atoms with van der Waals surface area (Å²) in [6, 6.07) is 8.99. The first-order chi connectivity index (χ1) is 16.9. The number of anilines is 1. The van der Waals surface area contributed by atoms with Crippen LogP contribution in [0.5, 0.6) is 0 Å². The number of carbonyl (C=O) groups excluding carboxylic acids is 2. The van der Waals surface area contributed by atoms with Crippen molar-refractivity contribution >= 4 is 17.5 Å². The van der Waals surface area contributed by atoms with Gasteiger partial charge in [0.15, 0.2) is 5.69 Å². The van der Waals surface area contributed by atoms with Gasteiger partial charge in [-0.05, 0) is 42.7 Å². The molecule has 0 aliphatic carbocycles. The molecule has 2 aliphatic heterocycles. The predicted octanol–water partition coefficient (Wildman–Crippen LogP) is 4.06. The van der Waals surface area contributed by atoms with Crippen LogP contribution in [0.25, 0.3) is 0 Å². The maximum atomic E-state index is 13.4. The lowest BCUT2D eigenvalue weighted by Crippen LogP contribution is -2.42. The molecule has 1 aromatic heterocycles. The maximum Gasteiger partial charge on any atom is 0.274 e. The van der Waals surface area contributed by atoms with Gasteiger partial charge in [0.25, 0.3) is 5.91 Å². The van der Waals surface area contributed by atoms with E-state index in [-0.39, 0.29) is 41.9 Å². The van der Waals surface area contributed by atoms with Crippen LogP contribution in [0.4, 0.5) is 18.9 Å². The highest BCUT2D eigenvalue weighted by Crippen LogP contribution is 2.29. The van der Waals surface area contributed by atoms with Crippen LogP contribution in [0.15, 0.2) is 48.8 Å². The maximum absolute atomic E-state index is 13.4. The molecule has 0 bridgehead atoms. The van der Waals surface area contributed by atoms with Crippen molar-refractivity contribution in [1.29, 1.82) is 0 Å². The Hall–Kier alpha value is -3.66. The van der Waals surface area contributed by atoms with Gasteiger partial charge in [-0.1, -0.05) is 12.1 Å². The molecule has 10 heteroatoms. The number of benzene rings is 2. The molecule has 3 heterocycles. The molecule has 2 amide bonds. The van der Waals surface area contributed by atoms with Gasteiger partial charge in [-0.3, -0.25) is 9.59 Å². The molecular weight excluding hydrogens is 461 g/mol. The van der Waals surface area contributed by atoms with Crippen LogP contribution in [0, 0.1) is 23.4 Å². The monoisotopic (exact) mass is 484 g/mol. The number of nitrogens with zero attached hydrogens (tertiary/aromatic N) is 3. The Bertz CT molecular complexity index is 1230. The number of likely N-dealkylation sites (tertiary alicyclic amines) is 1. The molecule has 2 aliphatic rings. The fraction of sp³-hybridized carbons (Fsp3) is 0.320. The highest BCUT2D eigenvalue weighted by molar-refractivity contribution is 5.95. The third-order valence-corrected chi connectivity index (χ3v) is 6.46. The van der Waals surface area contributed by atoms with Gasteiger partial charge in [-0.25, -0.2) is 18.2 Å². The van der Waals surface area contributed by atoms with Crippen molar-refractivity contribution in [1.82, 2.24) is 14.5 Å². The number of imidazole rings is 1. The van der Waals surface area contributed by atoms with Gasteiger partial charge >= 0.3 is 0 Å². The van der Waals surface area contributed by atoms with Gasteiger partial charge in [0.1, 0.15) is 23.6 Å². The molecule has 35 heavy (non-hydrogen) atoms. The molecule has 2 aromatic carbocycles. The van der Waals surface area contributed by atoms with Crippen molar-refractivity contribution in [3.8, 4) is 0 Å². The van der Waals surface area contributed by atoms with Crippen LogP contribution >= 0.6 is 0 Å². The molecule has 3 aromatic rings. The number of hydrogen-bond acceptors (Lipinski definition) is 4. The van der Waals surface area contributed by atoms with E-state index in [1.165, 1.54) is 12.1 Å². The number of aromatic nitrogens is 2. The lowest BCUT2D eigenvalue weighted by Gasteiger charge is -2.31. The predicted molar refractivity (Wildman–Crippen MR) is 120 cm³/mol. The molecule has 1 atom stereocenters. The summed E-state index contributed by atoms with van der Waals surface area (Å²) in [6.45, 7) is 1.38. The van der Waals surface area contributed by atoms with Crippen molar-refractivity contribution in [2.24, 2.45) is 5.92 Å². The fourth-order valence-corrected chi connectivity index (χ4v) is 4.55. The van der Waals surface area contributed by atoms with Crippen molar-refractivity contribution in [2.75, 3.05) is 18.4 Å². The van der Waals surface area contributed by atoms with Gasteiger partial charge in [0.05, 0.1) is 25.2 Å². The summed E-state index contributed by atoms with van der Waals surface area (Å²) in [4.78, 5) is 31.7. The van der Waals surface area contributed by atoms with Gasteiger partial charge in [0.2, 0.25) is 5.91 Å². The Balaban J connectivity index is 1.19. The first kappa shape index (κ1) is 23.1. The normalized spacial score (nSPS) is 18.3. The summed E-state index contributed by atoms with van der Waals surface area (Å²) in [5, 5.41) is 2.55. The molecular formula is C25H23F3N4O3. The van der Waals surface area contributed by atoms with E-state index in [0.717, 1.165) is 23.8 Å². The molecule has 1 saturated heterocycles. The molecule has 7 nitrogen and oxygen atoms in total. The fourth-order valence-electron chi connectivity index (χ4n) is 4.55. The van der Waals surface area contributed by atoms with Gasteiger partial charge < -0.3 is 19.5 Å². The molecule has 182 valence electrons. The van der Waals surface area contributed by atoms with E-state index in [0.29, 0.717) is 43.9 Å². The summed E-state index contributed by atoms with van der Waals surface area (Å²) >= 11 is 0. The quantitative estimate of drug-likeness (QED) is 0.606. The van der Waals surface area contributed by atoms with E-state index >= 15 is 0 Å². The van der Waals surface area contributed by atoms with Gasteiger partial charge in [-0.2, -0.15) is 0 Å². The minimum atomic E-state index is -0.767. The van der Waals surface area contributed by atoms with Crippen LogP contribution in [0.3, 0.4) is 0 Å². The largest absolute Gasteiger partial charge is 0.365 e. The Kier molecular flexibility index (Phi) is 6.29.